The fourth-order valence-electron chi connectivity index (χ4n) is 2.08. The molecule has 106 valence electrons. The fourth-order valence-corrected chi connectivity index (χ4v) is 3.78. The topological polar surface area (TPSA) is 26.3 Å². The molecule has 19 heavy (non-hydrogen) atoms. The van der Waals surface area contributed by atoms with Gasteiger partial charge in [0.25, 0.3) is 0 Å². The van der Waals surface area contributed by atoms with Gasteiger partial charge < -0.3 is 4.74 Å². The second-order valence-corrected chi connectivity index (χ2v) is 11.5. The highest BCUT2D eigenvalue weighted by molar-refractivity contribution is 6.76. The third-order valence-electron chi connectivity index (χ3n) is 2.89. The van der Waals surface area contributed by atoms with Crippen LogP contribution in [0, 0.1) is 5.92 Å². The van der Waals surface area contributed by atoms with Gasteiger partial charge in [-0.2, -0.15) is 0 Å². The van der Waals surface area contributed by atoms with Gasteiger partial charge in [-0.05, 0) is 18.5 Å². The molecule has 0 heterocycles. The molecule has 4 heteroatoms. The summed E-state index contributed by atoms with van der Waals surface area (Å²) in [5, 5.41) is 0. The van der Waals surface area contributed by atoms with Gasteiger partial charge in [0.2, 0.25) is 0 Å². The molecule has 2 atom stereocenters. The number of carbonyl (C=O) groups excluding carboxylic acids is 1. The molecule has 0 unspecified atom stereocenters. The number of hydrogen-bond donors (Lipinski definition) is 0. The fraction of sp³-hybridized carbons (Fsp3) is 0.533. The van der Waals surface area contributed by atoms with Crippen LogP contribution in [0.3, 0.4) is 0 Å². The Morgan fingerprint density at radius 1 is 1.26 bits per heavy atom. The zero-order valence-electron chi connectivity index (χ0n) is 12.2. The number of carbonyl (C=O) groups is 1. The number of halogens is 1. The van der Waals surface area contributed by atoms with Crippen molar-refractivity contribution in [3.8, 4) is 0 Å². The first-order valence-corrected chi connectivity index (χ1v) is 10.4. The number of esters is 1. The highest BCUT2D eigenvalue weighted by Crippen LogP contribution is 2.33. The molecule has 0 N–H and O–H groups in total. The van der Waals surface area contributed by atoms with Crippen molar-refractivity contribution in [1.82, 2.24) is 0 Å². The van der Waals surface area contributed by atoms with Crippen molar-refractivity contribution in [2.45, 2.75) is 38.8 Å². The molecule has 0 saturated carbocycles. The summed E-state index contributed by atoms with van der Waals surface area (Å²) in [4.78, 5) is 12.0. The lowest BCUT2D eigenvalue weighted by Gasteiger charge is -2.25. The lowest BCUT2D eigenvalue weighted by molar-refractivity contribution is -0.149. The molecule has 1 aromatic rings. The third kappa shape index (κ3) is 5.15. The van der Waals surface area contributed by atoms with Gasteiger partial charge in [-0.3, -0.25) is 4.79 Å². The molecule has 0 amide bonds. The Morgan fingerprint density at radius 3 is 2.32 bits per heavy atom. The Hall–Kier alpha value is -1.16. The molecular formula is C15H23FO2Si. The third-order valence-corrected chi connectivity index (χ3v) is 4.56. The molecule has 0 bridgehead atoms. The lowest BCUT2D eigenvalue weighted by atomic mass is 9.99. The van der Waals surface area contributed by atoms with Gasteiger partial charge in [0.15, 0.2) is 0 Å². The van der Waals surface area contributed by atoms with Crippen LogP contribution in [0.2, 0.25) is 25.7 Å². The summed E-state index contributed by atoms with van der Waals surface area (Å²) in [6, 6.07) is 9.47. The van der Waals surface area contributed by atoms with E-state index in [0.29, 0.717) is 18.2 Å². The van der Waals surface area contributed by atoms with Crippen molar-refractivity contribution in [3.05, 3.63) is 35.9 Å². The molecule has 1 rings (SSSR count). The Kier molecular flexibility index (Phi) is 5.73. The molecule has 0 radical (unpaired) electrons. The van der Waals surface area contributed by atoms with Crippen LogP contribution in [0.25, 0.3) is 0 Å². The first-order valence-electron chi connectivity index (χ1n) is 6.71. The minimum absolute atomic E-state index is 0.294. The van der Waals surface area contributed by atoms with Crippen LogP contribution < -0.4 is 0 Å². The normalized spacial score (nSPS) is 14.8. The summed E-state index contributed by atoms with van der Waals surface area (Å²) in [6.45, 7) is 8.45. The smallest absolute Gasteiger partial charge is 0.311 e. The van der Waals surface area contributed by atoms with Gasteiger partial charge >= 0.3 is 5.97 Å². The predicted molar refractivity (Wildman–Crippen MR) is 78.6 cm³/mol. The number of ether oxygens (including phenoxy) is 1. The SMILES string of the molecule is CCOC(=O)[C@H](C[Si](C)(C)C)[C@@H](F)c1ccccc1. The predicted octanol–water partition coefficient (Wildman–Crippen LogP) is 4.21. The molecular weight excluding hydrogens is 259 g/mol. The second-order valence-electron chi connectivity index (χ2n) is 5.94. The summed E-state index contributed by atoms with van der Waals surface area (Å²) in [5.41, 5.74) is 0.554. The maximum absolute atomic E-state index is 14.6. The Morgan fingerprint density at radius 2 is 1.84 bits per heavy atom. The standard InChI is InChI=1S/C15H23FO2Si/c1-5-18-15(17)13(11-19(2,3)4)14(16)12-9-7-6-8-10-12/h6-10,13-14H,5,11H2,1-4H3/t13-,14+/m1/s1. The minimum atomic E-state index is -1.55. The Bertz CT molecular complexity index is 400. The van der Waals surface area contributed by atoms with E-state index < -0.39 is 26.1 Å². The van der Waals surface area contributed by atoms with Crippen LogP contribution in [-0.4, -0.2) is 20.7 Å². The summed E-state index contributed by atoms with van der Waals surface area (Å²) in [5.74, 6) is -1.10. The van der Waals surface area contributed by atoms with Gasteiger partial charge in [0, 0.05) is 8.07 Å². The van der Waals surface area contributed by atoms with E-state index in [-0.39, 0.29) is 0 Å². The monoisotopic (exact) mass is 282 g/mol. The quantitative estimate of drug-likeness (QED) is 0.577. The van der Waals surface area contributed by atoms with Crippen LogP contribution in [0.5, 0.6) is 0 Å². The molecule has 0 saturated heterocycles. The van der Waals surface area contributed by atoms with E-state index in [1.54, 1.807) is 31.2 Å². The highest BCUT2D eigenvalue weighted by atomic mass is 28.3. The lowest BCUT2D eigenvalue weighted by Crippen LogP contribution is -2.32. The first-order chi connectivity index (χ1) is 8.85. The van der Waals surface area contributed by atoms with E-state index in [9.17, 15) is 9.18 Å². The summed E-state index contributed by atoms with van der Waals surface area (Å²) in [7, 11) is -1.55. The maximum Gasteiger partial charge on any atom is 0.311 e. The van der Waals surface area contributed by atoms with Gasteiger partial charge in [-0.1, -0.05) is 50.0 Å². The number of rotatable bonds is 6. The van der Waals surface area contributed by atoms with Crippen LogP contribution in [0.15, 0.2) is 30.3 Å². The molecule has 0 spiro atoms. The summed E-state index contributed by atoms with van der Waals surface area (Å²) < 4.78 is 19.7. The summed E-state index contributed by atoms with van der Waals surface area (Å²) >= 11 is 0. The number of alkyl halides is 1. The van der Waals surface area contributed by atoms with E-state index in [0.717, 1.165) is 0 Å². The van der Waals surface area contributed by atoms with Gasteiger partial charge in [0.1, 0.15) is 6.17 Å². The molecule has 0 aromatic heterocycles. The maximum atomic E-state index is 14.6. The van der Waals surface area contributed by atoms with E-state index in [4.69, 9.17) is 4.74 Å². The van der Waals surface area contributed by atoms with E-state index >= 15 is 0 Å². The highest BCUT2D eigenvalue weighted by Gasteiger charge is 2.34. The zero-order valence-corrected chi connectivity index (χ0v) is 13.2. The largest absolute Gasteiger partial charge is 0.466 e. The molecule has 1 aromatic carbocycles. The number of hydrogen-bond acceptors (Lipinski definition) is 2. The van der Waals surface area contributed by atoms with E-state index in [2.05, 4.69) is 19.6 Å². The van der Waals surface area contributed by atoms with Crippen LogP contribution in [0.1, 0.15) is 18.7 Å². The number of benzene rings is 1. The Labute approximate surface area is 116 Å². The molecule has 0 aliphatic carbocycles. The van der Waals surface area contributed by atoms with Crippen LogP contribution in [-0.2, 0) is 9.53 Å². The molecule has 2 nitrogen and oxygen atoms in total. The van der Waals surface area contributed by atoms with Crippen molar-refractivity contribution in [2.24, 2.45) is 5.92 Å². The molecule has 0 aliphatic rings. The second kappa shape index (κ2) is 6.85. The average Bonchev–Trinajstić information content (AvgIpc) is 2.35. The van der Waals surface area contributed by atoms with Crippen molar-refractivity contribution in [2.75, 3.05) is 6.61 Å². The van der Waals surface area contributed by atoms with Crippen LogP contribution >= 0.6 is 0 Å². The van der Waals surface area contributed by atoms with Crippen molar-refractivity contribution < 1.29 is 13.9 Å². The van der Waals surface area contributed by atoms with Crippen molar-refractivity contribution in [1.29, 1.82) is 0 Å². The zero-order chi connectivity index (χ0) is 14.5. The van der Waals surface area contributed by atoms with E-state index in [1.165, 1.54) is 0 Å². The summed E-state index contributed by atoms with van der Waals surface area (Å²) in [6.07, 6.45) is -1.29. The van der Waals surface area contributed by atoms with Crippen molar-refractivity contribution in [3.63, 3.8) is 0 Å². The minimum Gasteiger partial charge on any atom is -0.466 e. The molecule has 0 fully saturated rings. The van der Waals surface area contributed by atoms with Crippen LogP contribution in [0.4, 0.5) is 4.39 Å². The molecule has 0 aliphatic heterocycles. The Balaban J connectivity index is 2.92. The average molecular weight is 282 g/mol. The van der Waals surface area contributed by atoms with Gasteiger partial charge in [0.05, 0.1) is 12.5 Å². The van der Waals surface area contributed by atoms with Crippen molar-refractivity contribution >= 4 is 14.0 Å². The van der Waals surface area contributed by atoms with Gasteiger partial charge in [-0.15, -0.1) is 0 Å². The first kappa shape index (κ1) is 15.9. The van der Waals surface area contributed by atoms with Gasteiger partial charge in [-0.25, -0.2) is 4.39 Å². The van der Waals surface area contributed by atoms with E-state index in [1.807, 2.05) is 6.07 Å².